The van der Waals surface area contributed by atoms with E-state index in [9.17, 15) is 8.42 Å². The van der Waals surface area contributed by atoms with Crippen molar-refractivity contribution in [1.29, 1.82) is 5.26 Å². The predicted molar refractivity (Wildman–Crippen MR) is 58.6 cm³/mol. The van der Waals surface area contributed by atoms with E-state index in [0.29, 0.717) is 12.5 Å². The zero-order valence-corrected chi connectivity index (χ0v) is 10.3. The summed E-state index contributed by atoms with van der Waals surface area (Å²) in [5.41, 5.74) is 0. The van der Waals surface area contributed by atoms with Crippen LogP contribution < -0.4 is 0 Å². The lowest BCUT2D eigenvalue weighted by Gasteiger charge is -2.26. The highest BCUT2D eigenvalue weighted by molar-refractivity contribution is 7.90. The Morgan fingerprint density at radius 1 is 1.40 bits per heavy atom. The molecule has 5 heteroatoms. The minimum absolute atomic E-state index is 0.0635. The van der Waals surface area contributed by atoms with E-state index in [2.05, 4.69) is 0 Å². The standard InChI is InChI=1S/C10H18N2O2S/c1-8(2)12(7-10-4-5-10)15(13,14)9(3)6-11/h8-10H,4-5,7H2,1-3H3. The van der Waals surface area contributed by atoms with E-state index in [4.69, 9.17) is 5.26 Å². The number of rotatable bonds is 5. The van der Waals surface area contributed by atoms with Crippen LogP contribution in [-0.4, -0.2) is 30.6 Å². The zero-order valence-electron chi connectivity index (χ0n) is 9.47. The van der Waals surface area contributed by atoms with Gasteiger partial charge in [-0.3, -0.25) is 0 Å². The molecule has 0 saturated heterocycles. The van der Waals surface area contributed by atoms with Crippen molar-refractivity contribution >= 4 is 10.0 Å². The van der Waals surface area contributed by atoms with E-state index in [1.807, 2.05) is 13.8 Å². The lowest BCUT2D eigenvalue weighted by atomic mass is 10.3. The summed E-state index contributed by atoms with van der Waals surface area (Å²) in [6, 6.07) is 1.74. The fraction of sp³-hybridized carbons (Fsp3) is 0.900. The zero-order chi connectivity index (χ0) is 11.6. The first-order valence-electron chi connectivity index (χ1n) is 5.30. The van der Waals surface area contributed by atoms with E-state index < -0.39 is 15.3 Å². The van der Waals surface area contributed by atoms with E-state index in [-0.39, 0.29) is 6.04 Å². The number of hydrogen-bond acceptors (Lipinski definition) is 3. The average molecular weight is 230 g/mol. The van der Waals surface area contributed by atoms with Crippen LogP contribution in [0.1, 0.15) is 33.6 Å². The Kier molecular flexibility index (Phi) is 3.74. The van der Waals surface area contributed by atoms with Gasteiger partial charge in [-0.25, -0.2) is 8.42 Å². The molecule has 1 aliphatic rings. The molecule has 1 fully saturated rings. The van der Waals surface area contributed by atoms with Crippen molar-refractivity contribution in [3.63, 3.8) is 0 Å². The summed E-state index contributed by atoms with van der Waals surface area (Å²) in [6.07, 6.45) is 2.22. The predicted octanol–water partition coefficient (Wildman–Crippen LogP) is 1.35. The topological polar surface area (TPSA) is 61.2 Å². The summed E-state index contributed by atoms with van der Waals surface area (Å²) in [5.74, 6) is 0.507. The van der Waals surface area contributed by atoms with Crippen LogP contribution in [-0.2, 0) is 10.0 Å². The molecule has 0 radical (unpaired) electrons. The molecule has 15 heavy (non-hydrogen) atoms. The molecule has 0 aliphatic heterocycles. The van der Waals surface area contributed by atoms with Crippen molar-refractivity contribution in [2.75, 3.05) is 6.54 Å². The SMILES string of the molecule is CC(C)N(CC1CC1)S(=O)(=O)C(C)C#N. The second-order valence-electron chi connectivity index (χ2n) is 4.42. The third-order valence-electron chi connectivity index (χ3n) is 2.67. The molecule has 1 saturated carbocycles. The third-order valence-corrected chi connectivity index (χ3v) is 4.89. The van der Waals surface area contributed by atoms with Crippen molar-refractivity contribution < 1.29 is 8.42 Å². The van der Waals surface area contributed by atoms with Crippen molar-refractivity contribution in [3.8, 4) is 6.07 Å². The molecule has 0 aromatic carbocycles. The van der Waals surface area contributed by atoms with Gasteiger partial charge in [-0.05, 0) is 39.5 Å². The summed E-state index contributed by atoms with van der Waals surface area (Å²) in [4.78, 5) is 0. The van der Waals surface area contributed by atoms with Gasteiger partial charge >= 0.3 is 0 Å². The quantitative estimate of drug-likeness (QED) is 0.716. The van der Waals surface area contributed by atoms with E-state index in [1.165, 1.54) is 11.2 Å². The highest BCUT2D eigenvalue weighted by Gasteiger charge is 2.35. The van der Waals surface area contributed by atoms with Gasteiger partial charge in [-0.1, -0.05) is 0 Å². The van der Waals surface area contributed by atoms with Crippen LogP contribution in [0.2, 0.25) is 0 Å². The average Bonchev–Trinajstić information content (AvgIpc) is 2.95. The van der Waals surface area contributed by atoms with Gasteiger partial charge in [0.1, 0.15) is 0 Å². The maximum atomic E-state index is 12.0. The van der Waals surface area contributed by atoms with Gasteiger partial charge in [0.2, 0.25) is 10.0 Å². The molecular formula is C10H18N2O2S. The molecule has 86 valence electrons. The molecular weight excluding hydrogens is 212 g/mol. The van der Waals surface area contributed by atoms with Crippen molar-refractivity contribution in [1.82, 2.24) is 4.31 Å². The first-order valence-corrected chi connectivity index (χ1v) is 6.80. The van der Waals surface area contributed by atoms with Crippen molar-refractivity contribution in [2.24, 2.45) is 5.92 Å². The monoisotopic (exact) mass is 230 g/mol. The maximum Gasteiger partial charge on any atom is 0.230 e. The van der Waals surface area contributed by atoms with Crippen LogP contribution in [0.5, 0.6) is 0 Å². The smallest absolute Gasteiger partial charge is 0.211 e. The minimum atomic E-state index is -3.43. The van der Waals surface area contributed by atoms with Gasteiger partial charge in [0.25, 0.3) is 0 Å². The normalized spacial score (nSPS) is 19.2. The first kappa shape index (κ1) is 12.5. The largest absolute Gasteiger partial charge is 0.230 e. The van der Waals surface area contributed by atoms with Gasteiger partial charge < -0.3 is 0 Å². The van der Waals surface area contributed by atoms with Gasteiger partial charge in [0.05, 0.1) is 6.07 Å². The molecule has 1 unspecified atom stereocenters. The number of nitriles is 1. The van der Waals surface area contributed by atoms with Crippen LogP contribution in [0, 0.1) is 17.2 Å². The molecule has 0 amide bonds. The van der Waals surface area contributed by atoms with Crippen molar-refractivity contribution in [2.45, 2.75) is 44.9 Å². The van der Waals surface area contributed by atoms with Gasteiger partial charge in [-0.15, -0.1) is 0 Å². The summed E-state index contributed by atoms with van der Waals surface area (Å²) < 4.78 is 25.4. The summed E-state index contributed by atoms with van der Waals surface area (Å²) in [6.45, 7) is 5.72. The maximum absolute atomic E-state index is 12.0. The second kappa shape index (κ2) is 4.50. The summed E-state index contributed by atoms with van der Waals surface area (Å²) in [5, 5.41) is 7.75. The minimum Gasteiger partial charge on any atom is -0.211 e. The highest BCUT2D eigenvalue weighted by Crippen LogP contribution is 2.31. The molecule has 0 spiro atoms. The van der Waals surface area contributed by atoms with Crippen molar-refractivity contribution in [3.05, 3.63) is 0 Å². The lowest BCUT2D eigenvalue weighted by molar-refractivity contribution is 0.340. The van der Waals surface area contributed by atoms with Crippen LogP contribution in [0.15, 0.2) is 0 Å². The second-order valence-corrected chi connectivity index (χ2v) is 6.63. The molecule has 0 heterocycles. The fourth-order valence-electron chi connectivity index (χ4n) is 1.43. The molecule has 1 aliphatic carbocycles. The molecule has 0 aromatic rings. The number of sulfonamides is 1. The lowest BCUT2D eigenvalue weighted by Crippen LogP contribution is -2.42. The van der Waals surface area contributed by atoms with Gasteiger partial charge in [-0.2, -0.15) is 9.57 Å². The Morgan fingerprint density at radius 3 is 2.27 bits per heavy atom. The molecule has 1 atom stereocenters. The van der Waals surface area contributed by atoms with E-state index in [1.54, 1.807) is 6.07 Å². The van der Waals surface area contributed by atoms with Crippen LogP contribution in [0.25, 0.3) is 0 Å². The molecule has 0 bridgehead atoms. The molecule has 0 aromatic heterocycles. The van der Waals surface area contributed by atoms with Gasteiger partial charge in [0, 0.05) is 12.6 Å². The summed E-state index contributed by atoms with van der Waals surface area (Å²) in [7, 11) is -3.43. The fourth-order valence-corrected chi connectivity index (χ4v) is 2.98. The third kappa shape index (κ3) is 2.93. The van der Waals surface area contributed by atoms with E-state index in [0.717, 1.165) is 12.8 Å². The van der Waals surface area contributed by atoms with Gasteiger partial charge in [0.15, 0.2) is 5.25 Å². The highest BCUT2D eigenvalue weighted by atomic mass is 32.2. The Bertz CT molecular complexity index is 352. The number of hydrogen-bond donors (Lipinski definition) is 0. The molecule has 1 rings (SSSR count). The molecule has 4 nitrogen and oxygen atoms in total. The summed E-state index contributed by atoms with van der Waals surface area (Å²) >= 11 is 0. The Labute approximate surface area is 91.9 Å². The van der Waals surface area contributed by atoms with Crippen LogP contribution >= 0.6 is 0 Å². The van der Waals surface area contributed by atoms with Crippen LogP contribution in [0.3, 0.4) is 0 Å². The van der Waals surface area contributed by atoms with Crippen LogP contribution in [0.4, 0.5) is 0 Å². The Hall–Kier alpha value is -0.600. The Morgan fingerprint density at radius 2 is 1.93 bits per heavy atom. The molecule has 0 N–H and O–H groups in total. The Balaban J connectivity index is 2.82. The first-order chi connectivity index (χ1) is 6.89. The number of nitrogens with zero attached hydrogens (tertiary/aromatic N) is 2. The van der Waals surface area contributed by atoms with E-state index >= 15 is 0 Å².